The highest BCUT2D eigenvalue weighted by Gasteiger charge is 2.07. The molecule has 5 heteroatoms. The third kappa shape index (κ3) is 2.92. The average molecular weight is 281 g/mol. The Bertz CT molecular complexity index is 747. The molecule has 21 heavy (non-hydrogen) atoms. The Hall–Kier alpha value is -2.27. The first-order valence-corrected chi connectivity index (χ1v) is 7.26. The first kappa shape index (κ1) is 13.7. The van der Waals surface area contributed by atoms with Crippen molar-refractivity contribution in [2.45, 2.75) is 26.8 Å². The summed E-state index contributed by atoms with van der Waals surface area (Å²) in [5.74, 6) is 0. The summed E-state index contributed by atoms with van der Waals surface area (Å²) in [5, 5.41) is 12.9. The Morgan fingerprint density at radius 1 is 1.19 bits per heavy atom. The lowest BCUT2D eigenvalue weighted by Crippen LogP contribution is -2.13. The van der Waals surface area contributed by atoms with Crippen molar-refractivity contribution in [3.63, 3.8) is 0 Å². The summed E-state index contributed by atoms with van der Waals surface area (Å²) in [7, 11) is 0. The lowest BCUT2D eigenvalue weighted by atomic mass is 10.2. The smallest absolute Gasteiger partial charge is 0.0969 e. The lowest BCUT2D eigenvalue weighted by Gasteiger charge is -2.05. The maximum absolute atomic E-state index is 4.63. The summed E-state index contributed by atoms with van der Waals surface area (Å²) in [5.41, 5.74) is 3.86. The zero-order valence-electron chi connectivity index (χ0n) is 12.4. The molecule has 3 rings (SSSR count). The first-order chi connectivity index (χ1) is 10.3. The van der Waals surface area contributed by atoms with Crippen molar-refractivity contribution < 1.29 is 0 Å². The first-order valence-electron chi connectivity index (χ1n) is 7.26. The van der Waals surface area contributed by atoms with Crippen molar-refractivity contribution in [1.82, 2.24) is 25.3 Å². The van der Waals surface area contributed by atoms with Gasteiger partial charge in [-0.2, -0.15) is 0 Å². The Kier molecular flexibility index (Phi) is 3.92. The minimum Gasteiger partial charge on any atom is -0.311 e. The minimum absolute atomic E-state index is 0.741. The van der Waals surface area contributed by atoms with Crippen molar-refractivity contribution in [2.24, 2.45) is 0 Å². The number of aryl methyl sites for hydroxylation is 1. The maximum atomic E-state index is 4.63. The normalized spacial score (nSPS) is 11.1. The molecule has 2 heterocycles. The standard InChI is InChI=1S/C16H19N5/c1-3-9-17-10-14-11-21(20-19-14)15-6-4-5-13-8-7-12(2)18-16(13)15/h4-8,11,17H,3,9-10H2,1-2H3. The summed E-state index contributed by atoms with van der Waals surface area (Å²) in [6, 6.07) is 10.2. The molecule has 0 aliphatic heterocycles. The van der Waals surface area contributed by atoms with Gasteiger partial charge in [0.15, 0.2) is 0 Å². The molecule has 0 saturated heterocycles. The van der Waals surface area contributed by atoms with E-state index in [0.717, 1.165) is 47.5 Å². The van der Waals surface area contributed by atoms with E-state index in [4.69, 9.17) is 0 Å². The SMILES string of the molecule is CCCNCc1cn(-c2cccc3ccc(C)nc23)nn1. The minimum atomic E-state index is 0.741. The van der Waals surface area contributed by atoms with Gasteiger partial charge in [0, 0.05) is 17.6 Å². The fraction of sp³-hybridized carbons (Fsp3) is 0.312. The van der Waals surface area contributed by atoms with Crippen LogP contribution in [0.2, 0.25) is 0 Å². The highest BCUT2D eigenvalue weighted by atomic mass is 15.4. The molecule has 108 valence electrons. The van der Waals surface area contributed by atoms with E-state index in [1.54, 1.807) is 4.68 Å². The molecular weight excluding hydrogens is 262 g/mol. The van der Waals surface area contributed by atoms with E-state index in [1.165, 1.54) is 0 Å². The molecule has 1 N–H and O–H groups in total. The predicted octanol–water partition coefficient (Wildman–Crippen LogP) is 2.62. The predicted molar refractivity (Wildman–Crippen MR) is 83.4 cm³/mol. The van der Waals surface area contributed by atoms with Gasteiger partial charge in [-0.1, -0.05) is 30.3 Å². The highest BCUT2D eigenvalue weighted by molar-refractivity contribution is 5.86. The molecule has 0 radical (unpaired) electrons. The third-order valence-electron chi connectivity index (χ3n) is 3.36. The van der Waals surface area contributed by atoms with Gasteiger partial charge in [0.05, 0.1) is 23.1 Å². The third-order valence-corrected chi connectivity index (χ3v) is 3.36. The molecule has 0 amide bonds. The van der Waals surface area contributed by atoms with E-state index in [2.05, 4.69) is 39.7 Å². The van der Waals surface area contributed by atoms with Gasteiger partial charge in [0.1, 0.15) is 0 Å². The number of nitrogens with zero attached hydrogens (tertiary/aromatic N) is 4. The zero-order chi connectivity index (χ0) is 14.7. The summed E-state index contributed by atoms with van der Waals surface area (Å²) in [6.07, 6.45) is 3.07. The van der Waals surface area contributed by atoms with Crippen LogP contribution in [0.25, 0.3) is 16.6 Å². The van der Waals surface area contributed by atoms with Crippen molar-refractivity contribution in [3.8, 4) is 5.69 Å². The number of hydrogen-bond donors (Lipinski definition) is 1. The van der Waals surface area contributed by atoms with Gasteiger partial charge >= 0.3 is 0 Å². The van der Waals surface area contributed by atoms with Crippen LogP contribution in [0.4, 0.5) is 0 Å². The van der Waals surface area contributed by atoms with Crippen molar-refractivity contribution in [3.05, 3.63) is 47.9 Å². The van der Waals surface area contributed by atoms with Crippen LogP contribution in [0.1, 0.15) is 24.7 Å². The molecule has 3 aromatic rings. The Labute approximate surface area is 124 Å². The molecule has 0 unspecified atom stereocenters. The molecule has 0 spiro atoms. The molecule has 0 fully saturated rings. The summed E-state index contributed by atoms with van der Waals surface area (Å²) < 4.78 is 1.80. The van der Waals surface area contributed by atoms with Crippen LogP contribution < -0.4 is 5.32 Å². The van der Waals surface area contributed by atoms with Gasteiger partial charge in [-0.05, 0) is 32.0 Å². The van der Waals surface area contributed by atoms with Crippen molar-refractivity contribution in [1.29, 1.82) is 0 Å². The second kappa shape index (κ2) is 6.01. The molecule has 0 atom stereocenters. The number of benzene rings is 1. The van der Waals surface area contributed by atoms with Crippen molar-refractivity contribution in [2.75, 3.05) is 6.54 Å². The van der Waals surface area contributed by atoms with Gasteiger partial charge in [-0.25, -0.2) is 4.68 Å². The van der Waals surface area contributed by atoms with E-state index in [0.29, 0.717) is 0 Å². The number of rotatable bonds is 5. The van der Waals surface area contributed by atoms with Crippen LogP contribution in [0, 0.1) is 6.92 Å². The van der Waals surface area contributed by atoms with Crippen molar-refractivity contribution >= 4 is 10.9 Å². The Morgan fingerprint density at radius 2 is 2.10 bits per heavy atom. The number of nitrogens with one attached hydrogen (secondary N) is 1. The summed E-state index contributed by atoms with van der Waals surface area (Å²) in [6.45, 7) is 5.87. The molecule has 0 aliphatic carbocycles. The number of fused-ring (bicyclic) bond motifs is 1. The van der Waals surface area contributed by atoms with Crippen LogP contribution in [-0.4, -0.2) is 26.5 Å². The topological polar surface area (TPSA) is 55.6 Å². The molecular formula is C16H19N5. The van der Waals surface area contributed by atoms with Gasteiger partial charge in [0.2, 0.25) is 0 Å². The number of para-hydroxylation sites is 1. The highest BCUT2D eigenvalue weighted by Crippen LogP contribution is 2.20. The number of hydrogen-bond acceptors (Lipinski definition) is 4. The van der Waals surface area contributed by atoms with Crippen LogP contribution in [0.15, 0.2) is 36.5 Å². The Morgan fingerprint density at radius 3 is 2.95 bits per heavy atom. The van der Waals surface area contributed by atoms with Gasteiger partial charge in [0.25, 0.3) is 0 Å². The maximum Gasteiger partial charge on any atom is 0.0969 e. The van der Waals surface area contributed by atoms with Crippen LogP contribution in [0.5, 0.6) is 0 Å². The zero-order valence-corrected chi connectivity index (χ0v) is 12.4. The molecule has 2 aromatic heterocycles. The largest absolute Gasteiger partial charge is 0.311 e. The van der Waals surface area contributed by atoms with Gasteiger partial charge in [-0.3, -0.25) is 4.98 Å². The molecule has 0 bridgehead atoms. The second-order valence-electron chi connectivity index (χ2n) is 5.13. The second-order valence-corrected chi connectivity index (χ2v) is 5.13. The monoisotopic (exact) mass is 281 g/mol. The number of aromatic nitrogens is 4. The molecule has 0 aliphatic rings. The van der Waals surface area contributed by atoms with Crippen LogP contribution in [0.3, 0.4) is 0 Å². The van der Waals surface area contributed by atoms with E-state index in [-0.39, 0.29) is 0 Å². The fourth-order valence-electron chi connectivity index (χ4n) is 2.30. The quantitative estimate of drug-likeness (QED) is 0.730. The van der Waals surface area contributed by atoms with E-state index in [9.17, 15) is 0 Å². The number of pyridine rings is 1. The van der Waals surface area contributed by atoms with E-state index >= 15 is 0 Å². The van der Waals surface area contributed by atoms with Crippen LogP contribution >= 0.6 is 0 Å². The molecule has 0 saturated carbocycles. The lowest BCUT2D eigenvalue weighted by molar-refractivity contribution is 0.662. The van der Waals surface area contributed by atoms with E-state index in [1.807, 2.05) is 31.3 Å². The van der Waals surface area contributed by atoms with Gasteiger partial charge < -0.3 is 5.32 Å². The summed E-state index contributed by atoms with van der Waals surface area (Å²) >= 11 is 0. The fourth-order valence-corrected chi connectivity index (χ4v) is 2.30. The van der Waals surface area contributed by atoms with E-state index < -0.39 is 0 Å². The van der Waals surface area contributed by atoms with Gasteiger partial charge in [-0.15, -0.1) is 5.10 Å². The summed E-state index contributed by atoms with van der Waals surface area (Å²) in [4.78, 5) is 4.63. The van der Waals surface area contributed by atoms with Crippen LogP contribution in [-0.2, 0) is 6.54 Å². The molecule has 5 nitrogen and oxygen atoms in total. The average Bonchev–Trinajstić information content (AvgIpc) is 2.95. The Balaban J connectivity index is 1.95. The molecule has 1 aromatic carbocycles.